The van der Waals surface area contributed by atoms with Gasteiger partial charge in [-0.15, -0.1) is 11.8 Å². The van der Waals surface area contributed by atoms with Crippen LogP contribution in [0.25, 0.3) is 0 Å². The summed E-state index contributed by atoms with van der Waals surface area (Å²) in [6.45, 7) is 4.36. The summed E-state index contributed by atoms with van der Waals surface area (Å²) in [6, 6.07) is 14.8. The SMILES string of the molecule is CSc1ccccc1C(=O)[C@H]1CCCN(C(=O)c2ccc(C#CC(C)(C)O)cc2)C1. The number of carbonyl (C=O) groups is 2. The van der Waals surface area contributed by atoms with Crippen LogP contribution in [0.15, 0.2) is 53.4 Å². The number of thioether (sulfide) groups is 1. The first-order valence-electron chi connectivity index (χ1n) is 10.1. The Hall–Kier alpha value is -2.55. The molecule has 2 aromatic carbocycles. The van der Waals surface area contributed by atoms with Gasteiger partial charge >= 0.3 is 0 Å². The molecule has 3 rings (SSSR count). The maximum Gasteiger partial charge on any atom is 0.253 e. The lowest BCUT2D eigenvalue weighted by molar-refractivity contribution is 0.0636. The third-order valence-corrected chi connectivity index (χ3v) is 5.89. The molecule has 0 aromatic heterocycles. The van der Waals surface area contributed by atoms with Crippen molar-refractivity contribution in [1.29, 1.82) is 0 Å². The third-order valence-electron chi connectivity index (χ3n) is 5.10. The molecule has 2 aromatic rings. The van der Waals surface area contributed by atoms with Gasteiger partial charge in [0.15, 0.2) is 5.78 Å². The summed E-state index contributed by atoms with van der Waals surface area (Å²) in [5, 5.41) is 9.71. The van der Waals surface area contributed by atoms with Crippen molar-refractivity contribution < 1.29 is 14.7 Å². The molecule has 0 aliphatic carbocycles. The van der Waals surface area contributed by atoms with Gasteiger partial charge in [-0.2, -0.15) is 0 Å². The number of ketones is 1. The zero-order chi connectivity index (χ0) is 21.7. The molecule has 1 heterocycles. The first-order valence-corrected chi connectivity index (χ1v) is 11.3. The number of aliphatic hydroxyl groups is 1. The van der Waals surface area contributed by atoms with Gasteiger partial charge in [-0.3, -0.25) is 9.59 Å². The molecule has 4 nitrogen and oxygen atoms in total. The predicted molar refractivity (Wildman–Crippen MR) is 121 cm³/mol. The molecular formula is C25H27NO3S. The van der Waals surface area contributed by atoms with E-state index in [0.717, 1.165) is 28.9 Å². The van der Waals surface area contributed by atoms with Crippen molar-refractivity contribution in [2.75, 3.05) is 19.3 Å². The van der Waals surface area contributed by atoms with E-state index in [1.165, 1.54) is 0 Å². The van der Waals surface area contributed by atoms with Crippen LogP contribution in [0.4, 0.5) is 0 Å². The van der Waals surface area contributed by atoms with Gasteiger partial charge in [0.1, 0.15) is 5.60 Å². The van der Waals surface area contributed by atoms with Gasteiger partial charge in [0.05, 0.1) is 0 Å². The molecule has 0 spiro atoms. The molecular weight excluding hydrogens is 394 g/mol. The summed E-state index contributed by atoms with van der Waals surface area (Å²) < 4.78 is 0. The van der Waals surface area contributed by atoms with E-state index in [4.69, 9.17) is 0 Å². The molecule has 1 aliphatic rings. The molecule has 1 atom stereocenters. The topological polar surface area (TPSA) is 57.6 Å². The van der Waals surface area contributed by atoms with E-state index in [1.54, 1.807) is 54.8 Å². The molecule has 1 amide bonds. The van der Waals surface area contributed by atoms with Gasteiger partial charge < -0.3 is 10.0 Å². The van der Waals surface area contributed by atoms with Crippen LogP contribution in [-0.2, 0) is 0 Å². The molecule has 5 heteroatoms. The first kappa shape index (κ1) is 22.1. The normalized spacial score (nSPS) is 16.5. The van der Waals surface area contributed by atoms with Crippen molar-refractivity contribution in [1.82, 2.24) is 4.90 Å². The fraction of sp³-hybridized carbons (Fsp3) is 0.360. The van der Waals surface area contributed by atoms with Crippen LogP contribution in [0, 0.1) is 17.8 Å². The lowest BCUT2D eigenvalue weighted by Crippen LogP contribution is -2.42. The standard InChI is InChI=1S/C25H27NO3S/c1-25(2,29)15-14-18-10-12-19(13-11-18)24(28)26-16-6-7-20(17-26)23(27)21-8-4-5-9-22(21)30-3/h4-5,8-13,20,29H,6-7,16-17H2,1-3H3/t20-/m0/s1. The van der Waals surface area contributed by atoms with Crippen LogP contribution in [-0.4, -0.2) is 46.6 Å². The summed E-state index contributed by atoms with van der Waals surface area (Å²) in [4.78, 5) is 28.8. The van der Waals surface area contributed by atoms with Gasteiger partial charge in [-0.25, -0.2) is 0 Å². The molecule has 30 heavy (non-hydrogen) atoms. The van der Waals surface area contributed by atoms with Crippen molar-refractivity contribution in [3.8, 4) is 11.8 Å². The second-order valence-corrected chi connectivity index (χ2v) is 8.89. The summed E-state index contributed by atoms with van der Waals surface area (Å²) in [5.74, 6) is 5.56. The van der Waals surface area contributed by atoms with E-state index < -0.39 is 5.60 Å². The number of carbonyl (C=O) groups excluding carboxylic acids is 2. The summed E-state index contributed by atoms with van der Waals surface area (Å²) in [6.07, 6.45) is 3.59. The molecule has 1 fully saturated rings. The maximum absolute atomic E-state index is 13.1. The fourth-order valence-electron chi connectivity index (χ4n) is 3.55. The number of likely N-dealkylation sites (tertiary alicyclic amines) is 1. The molecule has 156 valence electrons. The zero-order valence-corrected chi connectivity index (χ0v) is 18.5. The average molecular weight is 422 g/mol. The van der Waals surface area contributed by atoms with E-state index in [1.807, 2.05) is 30.5 Å². The Labute approximate surface area is 182 Å². The monoisotopic (exact) mass is 421 g/mol. The molecule has 0 radical (unpaired) electrons. The number of hydrogen-bond acceptors (Lipinski definition) is 4. The van der Waals surface area contributed by atoms with E-state index in [-0.39, 0.29) is 17.6 Å². The highest BCUT2D eigenvalue weighted by Crippen LogP contribution is 2.27. The molecule has 1 aliphatic heterocycles. The Bertz CT molecular complexity index is 980. The predicted octanol–water partition coefficient (Wildman–Crippen LogP) is 4.27. The highest BCUT2D eigenvalue weighted by Gasteiger charge is 2.30. The lowest BCUT2D eigenvalue weighted by Gasteiger charge is -2.32. The van der Waals surface area contributed by atoms with Crippen LogP contribution < -0.4 is 0 Å². The third kappa shape index (κ3) is 5.53. The zero-order valence-electron chi connectivity index (χ0n) is 17.6. The van der Waals surface area contributed by atoms with Gasteiger partial charge in [0.2, 0.25) is 0 Å². The molecule has 0 saturated carbocycles. The number of nitrogens with zero attached hydrogens (tertiary/aromatic N) is 1. The summed E-state index contributed by atoms with van der Waals surface area (Å²) >= 11 is 1.57. The fourth-order valence-corrected chi connectivity index (χ4v) is 4.15. The first-order chi connectivity index (χ1) is 14.3. The lowest BCUT2D eigenvalue weighted by atomic mass is 9.89. The highest BCUT2D eigenvalue weighted by atomic mass is 32.2. The number of rotatable bonds is 4. The second-order valence-electron chi connectivity index (χ2n) is 8.04. The van der Waals surface area contributed by atoms with Crippen LogP contribution in [0.5, 0.6) is 0 Å². The number of hydrogen-bond donors (Lipinski definition) is 1. The molecule has 0 unspecified atom stereocenters. The van der Waals surface area contributed by atoms with Crippen LogP contribution >= 0.6 is 11.8 Å². The summed E-state index contributed by atoms with van der Waals surface area (Å²) in [7, 11) is 0. The van der Waals surface area contributed by atoms with Gasteiger partial charge in [0.25, 0.3) is 5.91 Å². The number of amides is 1. The molecule has 1 N–H and O–H groups in total. The van der Waals surface area contributed by atoms with E-state index in [0.29, 0.717) is 18.7 Å². The second kappa shape index (κ2) is 9.51. The van der Waals surface area contributed by atoms with Crippen LogP contribution in [0.1, 0.15) is 53.0 Å². The van der Waals surface area contributed by atoms with Crippen molar-refractivity contribution in [3.63, 3.8) is 0 Å². The largest absolute Gasteiger partial charge is 0.378 e. The summed E-state index contributed by atoms with van der Waals surface area (Å²) in [5.41, 5.74) is 1.02. The highest BCUT2D eigenvalue weighted by molar-refractivity contribution is 7.98. The van der Waals surface area contributed by atoms with E-state index >= 15 is 0 Å². The maximum atomic E-state index is 13.1. The minimum atomic E-state index is -1.06. The van der Waals surface area contributed by atoms with Crippen molar-refractivity contribution >= 4 is 23.5 Å². The van der Waals surface area contributed by atoms with Crippen LogP contribution in [0.3, 0.4) is 0 Å². The van der Waals surface area contributed by atoms with Gasteiger partial charge in [-0.1, -0.05) is 30.0 Å². The van der Waals surface area contributed by atoms with Crippen LogP contribution in [0.2, 0.25) is 0 Å². The Morgan fingerprint density at radius 2 is 1.83 bits per heavy atom. The number of benzene rings is 2. The minimum absolute atomic E-state index is 0.0624. The molecule has 0 bridgehead atoms. The van der Waals surface area contributed by atoms with E-state index in [9.17, 15) is 14.7 Å². The smallest absolute Gasteiger partial charge is 0.253 e. The Balaban J connectivity index is 1.71. The number of Topliss-reactive ketones (excluding diaryl/α,β-unsaturated/α-hetero) is 1. The average Bonchev–Trinajstić information content (AvgIpc) is 2.76. The minimum Gasteiger partial charge on any atom is -0.378 e. The Morgan fingerprint density at radius 3 is 2.50 bits per heavy atom. The van der Waals surface area contributed by atoms with Crippen molar-refractivity contribution in [2.45, 2.75) is 37.2 Å². The van der Waals surface area contributed by atoms with Crippen molar-refractivity contribution in [2.24, 2.45) is 5.92 Å². The quantitative estimate of drug-likeness (QED) is 0.455. The van der Waals surface area contributed by atoms with Gasteiger partial charge in [-0.05, 0) is 63.3 Å². The Morgan fingerprint density at radius 1 is 1.13 bits per heavy atom. The van der Waals surface area contributed by atoms with Crippen molar-refractivity contribution in [3.05, 3.63) is 65.2 Å². The molecule has 1 saturated heterocycles. The van der Waals surface area contributed by atoms with Gasteiger partial charge in [0, 0.05) is 40.6 Å². The van der Waals surface area contributed by atoms with E-state index in [2.05, 4.69) is 11.8 Å². The Kier molecular flexibility index (Phi) is 7.02. The number of piperidine rings is 1.